The Morgan fingerprint density at radius 2 is 1.75 bits per heavy atom. The topological polar surface area (TPSA) is 70.7 Å². The zero-order valence-electron chi connectivity index (χ0n) is 19.6. The van der Waals surface area contributed by atoms with E-state index in [1.165, 1.54) is 17.5 Å². The van der Waals surface area contributed by atoms with Crippen LogP contribution in [-0.2, 0) is 27.2 Å². The van der Waals surface area contributed by atoms with Gasteiger partial charge in [-0.1, -0.05) is 43.5 Å². The van der Waals surface area contributed by atoms with Crippen LogP contribution in [0.3, 0.4) is 0 Å². The molecule has 176 valence electrons. The van der Waals surface area contributed by atoms with Gasteiger partial charge in [-0.2, -0.15) is 0 Å². The molecule has 1 aliphatic heterocycles. The minimum absolute atomic E-state index is 0.0906. The minimum atomic E-state index is -0.421. The molecule has 6 nitrogen and oxygen atoms in total. The van der Waals surface area contributed by atoms with Crippen LogP contribution in [0.25, 0.3) is 0 Å². The molecule has 1 heterocycles. The number of carbonyl (C=O) groups excluding carboxylic acids is 2. The first kappa shape index (κ1) is 23.2. The fourth-order valence-corrected chi connectivity index (χ4v) is 5.62. The molecule has 0 bridgehead atoms. The number of nitrogens with one attached hydrogen (secondary N) is 2. The van der Waals surface area contributed by atoms with Gasteiger partial charge < -0.3 is 20.3 Å². The number of carbonyl (C=O) groups is 2. The van der Waals surface area contributed by atoms with Gasteiger partial charge in [0.05, 0.1) is 24.8 Å². The van der Waals surface area contributed by atoms with Crippen molar-refractivity contribution in [1.29, 1.82) is 0 Å². The Hall–Kier alpha value is -1.92. The van der Waals surface area contributed by atoms with E-state index in [-0.39, 0.29) is 35.9 Å². The molecule has 3 atom stereocenters. The van der Waals surface area contributed by atoms with E-state index in [0.717, 1.165) is 57.9 Å². The molecule has 0 radical (unpaired) electrons. The lowest BCUT2D eigenvalue weighted by Gasteiger charge is -2.35. The van der Waals surface area contributed by atoms with Crippen molar-refractivity contribution in [3.63, 3.8) is 0 Å². The first-order valence-electron chi connectivity index (χ1n) is 12.5. The minimum Gasteiger partial charge on any atom is -0.375 e. The number of nitrogens with zero attached hydrogens (tertiary/aromatic N) is 1. The second kappa shape index (κ2) is 10.8. The summed E-state index contributed by atoms with van der Waals surface area (Å²) in [4.78, 5) is 28.4. The number of amides is 2. The average Bonchev–Trinajstić information content (AvgIpc) is 3.47. The van der Waals surface area contributed by atoms with Gasteiger partial charge in [-0.15, -0.1) is 0 Å². The highest BCUT2D eigenvalue weighted by Gasteiger charge is 2.39. The standard InChI is InChI=1S/C26H39N3O3/c1-18(27-2)25(30)28-24(19-9-4-3-5-10-19)26(31)29-14-8-13-22(29)17-32-23-15-20-11-6-7-12-21(20)16-23/h6-7,11-12,18-19,22-24,27H,3-5,8-10,13-17H2,1-2H3,(H,28,30)/t18?,22?,24-/m0/s1. The van der Waals surface area contributed by atoms with E-state index in [9.17, 15) is 9.59 Å². The normalized spacial score (nSPS) is 23.7. The Morgan fingerprint density at radius 3 is 2.41 bits per heavy atom. The van der Waals surface area contributed by atoms with E-state index in [1.807, 2.05) is 11.8 Å². The zero-order valence-corrected chi connectivity index (χ0v) is 19.6. The van der Waals surface area contributed by atoms with Gasteiger partial charge in [0.1, 0.15) is 6.04 Å². The van der Waals surface area contributed by atoms with Gasteiger partial charge in [0.25, 0.3) is 0 Å². The van der Waals surface area contributed by atoms with Gasteiger partial charge in [-0.3, -0.25) is 9.59 Å². The number of rotatable bonds is 8. The fourth-order valence-electron chi connectivity index (χ4n) is 5.62. The Balaban J connectivity index is 1.38. The third-order valence-electron chi connectivity index (χ3n) is 7.71. The van der Waals surface area contributed by atoms with Crippen molar-refractivity contribution in [2.24, 2.45) is 5.92 Å². The third kappa shape index (κ3) is 5.34. The van der Waals surface area contributed by atoms with E-state index in [0.29, 0.717) is 6.61 Å². The molecule has 2 aliphatic carbocycles. The predicted molar refractivity (Wildman–Crippen MR) is 125 cm³/mol. The Bertz CT molecular complexity index is 767. The molecule has 1 saturated heterocycles. The number of benzene rings is 1. The van der Waals surface area contributed by atoms with Gasteiger partial charge in [0, 0.05) is 6.54 Å². The van der Waals surface area contributed by atoms with Crippen LogP contribution < -0.4 is 10.6 Å². The lowest BCUT2D eigenvalue weighted by atomic mass is 9.83. The molecule has 2 N–H and O–H groups in total. The molecule has 0 aromatic heterocycles. The first-order valence-corrected chi connectivity index (χ1v) is 12.5. The van der Waals surface area contributed by atoms with Crippen LogP contribution >= 0.6 is 0 Å². The Morgan fingerprint density at radius 1 is 1.06 bits per heavy atom. The van der Waals surface area contributed by atoms with E-state index < -0.39 is 6.04 Å². The van der Waals surface area contributed by atoms with Gasteiger partial charge in [-0.25, -0.2) is 0 Å². The van der Waals surface area contributed by atoms with Crippen molar-refractivity contribution in [3.05, 3.63) is 35.4 Å². The van der Waals surface area contributed by atoms with Crippen LogP contribution in [0.4, 0.5) is 0 Å². The third-order valence-corrected chi connectivity index (χ3v) is 7.71. The molecule has 1 saturated carbocycles. The average molecular weight is 442 g/mol. The van der Waals surface area contributed by atoms with Crippen molar-refractivity contribution < 1.29 is 14.3 Å². The van der Waals surface area contributed by atoms with Gasteiger partial charge in [-0.05, 0) is 69.5 Å². The van der Waals surface area contributed by atoms with E-state index in [1.54, 1.807) is 7.05 Å². The molecule has 6 heteroatoms. The van der Waals surface area contributed by atoms with E-state index in [4.69, 9.17) is 4.74 Å². The number of hydrogen-bond acceptors (Lipinski definition) is 4. The van der Waals surface area contributed by atoms with Crippen molar-refractivity contribution in [2.45, 2.75) is 88.9 Å². The number of hydrogen-bond donors (Lipinski definition) is 2. The second-order valence-electron chi connectivity index (χ2n) is 9.85. The molecule has 32 heavy (non-hydrogen) atoms. The smallest absolute Gasteiger partial charge is 0.245 e. The molecule has 3 aliphatic rings. The number of fused-ring (bicyclic) bond motifs is 1. The number of likely N-dealkylation sites (tertiary alicyclic amines) is 1. The van der Waals surface area contributed by atoms with Crippen LogP contribution in [0.15, 0.2) is 24.3 Å². The lowest BCUT2D eigenvalue weighted by molar-refractivity contribution is -0.140. The van der Waals surface area contributed by atoms with E-state index >= 15 is 0 Å². The largest absolute Gasteiger partial charge is 0.375 e. The summed E-state index contributed by atoms with van der Waals surface area (Å²) in [6, 6.07) is 7.93. The highest BCUT2D eigenvalue weighted by molar-refractivity contribution is 5.90. The van der Waals surface area contributed by atoms with Crippen molar-refractivity contribution in [1.82, 2.24) is 15.5 Å². The molecule has 2 unspecified atom stereocenters. The number of ether oxygens (including phenoxy) is 1. The second-order valence-corrected chi connectivity index (χ2v) is 9.85. The quantitative estimate of drug-likeness (QED) is 0.651. The van der Waals surface area contributed by atoms with Crippen LogP contribution in [0.2, 0.25) is 0 Å². The summed E-state index contributed by atoms with van der Waals surface area (Å²) in [5, 5.41) is 6.10. The maximum atomic E-state index is 13.7. The van der Waals surface area contributed by atoms with E-state index in [2.05, 4.69) is 34.9 Å². The van der Waals surface area contributed by atoms with Gasteiger partial charge in [0.2, 0.25) is 11.8 Å². The Labute approximate surface area is 192 Å². The summed E-state index contributed by atoms with van der Waals surface area (Å²) in [6.45, 7) is 3.19. The van der Waals surface area contributed by atoms with Crippen LogP contribution in [0.5, 0.6) is 0 Å². The molecule has 2 fully saturated rings. The fraction of sp³-hybridized carbons (Fsp3) is 0.692. The van der Waals surface area contributed by atoms with Gasteiger partial charge in [0.15, 0.2) is 0 Å². The highest BCUT2D eigenvalue weighted by Crippen LogP contribution is 2.30. The number of likely N-dealkylation sites (N-methyl/N-ethyl adjacent to an activating group) is 1. The summed E-state index contributed by atoms with van der Waals surface area (Å²) in [5.41, 5.74) is 2.77. The SMILES string of the molecule is CNC(C)C(=O)N[C@H](C(=O)N1CCCC1COC1Cc2ccccc2C1)C1CCCCC1. The summed E-state index contributed by atoms with van der Waals surface area (Å²) < 4.78 is 6.32. The molecular weight excluding hydrogens is 402 g/mol. The zero-order chi connectivity index (χ0) is 22.5. The van der Waals surface area contributed by atoms with Crippen LogP contribution in [-0.4, -0.2) is 61.1 Å². The van der Waals surface area contributed by atoms with Crippen molar-refractivity contribution in [2.75, 3.05) is 20.2 Å². The molecular formula is C26H39N3O3. The van der Waals surface area contributed by atoms with Crippen LogP contribution in [0.1, 0.15) is 63.0 Å². The predicted octanol–water partition coefficient (Wildman–Crippen LogP) is 2.83. The molecule has 1 aromatic carbocycles. The Kier molecular flexibility index (Phi) is 7.84. The maximum absolute atomic E-state index is 13.7. The summed E-state index contributed by atoms with van der Waals surface area (Å²) in [7, 11) is 1.77. The van der Waals surface area contributed by atoms with Crippen molar-refractivity contribution >= 4 is 11.8 Å². The summed E-state index contributed by atoms with van der Waals surface area (Å²) in [5.74, 6) is 0.234. The maximum Gasteiger partial charge on any atom is 0.245 e. The van der Waals surface area contributed by atoms with Crippen LogP contribution in [0, 0.1) is 5.92 Å². The summed E-state index contributed by atoms with van der Waals surface area (Å²) in [6.07, 6.45) is 9.63. The van der Waals surface area contributed by atoms with Crippen molar-refractivity contribution in [3.8, 4) is 0 Å². The molecule has 4 rings (SSSR count). The molecule has 2 amide bonds. The lowest BCUT2D eigenvalue weighted by Crippen LogP contribution is -2.57. The molecule has 0 spiro atoms. The molecule has 1 aromatic rings. The highest BCUT2D eigenvalue weighted by atomic mass is 16.5. The monoisotopic (exact) mass is 441 g/mol. The first-order chi connectivity index (χ1) is 15.6. The summed E-state index contributed by atoms with van der Waals surface area (Å²) >= 11 is 0. The van der Waals surface area contributed by atoms with Gasteiger partial charge >= 0.3 is 0 Å².